The van der Waals surface area contributed by atoms with Crippen molar-refractivity contribution in [1.29, 1.82) is 0 Å². The third-order valence-electron chi connectivity index (χ3n) is 4.98. The van der Waals surface area contributed by atoms with E-state index in [0.717, 1.165) is 6.07 Å². The van der Waals surface area contributed by atoms with Crippen LogP contribution in [-0.2, 0) is 23.8 Å². The number of nitrogens with two attached hydrogens (primary N) is 1. The molecule has 0 spiro atoms. The Balaban J connectivity index is 1.51. The highest BCUT2D eigenvalue weighted by Gasteiger charge is 2.31. The Morgan fingerprint density at radius 2 is 1.74 bits per heavy atom. The summed E-state index contributed by atoms with van der Waals surface area (Å²) in [6.45, 7) is 0. The molecule has 2 heterocycles. The Labute approximate surface area is 193 Å². The molecule has 0 fully saturated rings. The number of alkyl halides is 3. The van der Waals surface area contributed by atoms with Gasteiger partial charge in [0.1, 0.15) is 23.2 Å². The topological polar surface area (TPSA) is 111 Å². The quantitative estimate of drug-likeness (QED) is 0.389. The van der Waals surface area contributed by atoms with Crippen molar-refractivity contribution in [3.8, 4) is 11.5 Å². The van der Waals surface area contributed by atoms with Crippen LogP contribution < -0.4 is 16.0 Å². The number of benzene rings is 2. The number of hydrogen-bond acceptors (Lipinski definition) is 6. The van der Waals surface area contributed by atoms with Crippen LogP contribution in [0.15, 0.2) is 53.5 Å². The zero-order valence-corrected chi connectivity index (χ0v) is 17.6. The lowest BCUT2D eigenvalue weighted by Gasteiger charge is -2.11. The van der Waals surface area contributed by atoms with E-state index in [0.29, 0.717) is 18.2 Å². The van der Waals surface area contributed by atoms with Gasteiger partial charge in [0.05, 0.1) is 5.56 Å². The molecule has 0 saturated heterocycles. The summed E-state index contributed by atoms with van der Waals surface area (Å²) in [6.07, 6.45) is -4.47. The molecule has 0 bridgehead atoms. The van der Waals surface area contributed by atoms with E-state index in [1.54, 1.807) is 0 Å². The summed E-state index contributed by atoms with van der Waals surface area (Å²) in [6, 6.07) is 6.82. The minimum Gasteiger partial charge on any atom is -0.455 e. The van der Waals surface area contributed by atoms with Crippen molar-refractivity contribution < 1.29 is 31.5 Å². The van der Waals surface area contributed by atoms with E-state index in [4.69, 9.17) is 10.5 Å². The molecule has 0 radical (unpaired) electrons. The van der Waals surface area contributed by atoms with Gasteiger partial charge >= 0.3 is 6.18 Å². The van der Waals surface area contributed by atoms with Gasteiger partial charge in [0.2, 0.25) is 0 Å². The van der Waals surface area contributed by atoms with Crippen LogP contribution in [0.25, 0.3) is 11.2 Å². The molecule has 0 aliphatic carbocycles. The second kappa shape index (κ2) is 9.12. The minimum absolute atomic E-state index is 0.0293. The van der Waals surface area contributed by atoms with Gasteiger partial charge in [0.25, 0.3) is 5.56 Å². The van der Waals surface area contributed by atoms with Crippen molar-refractivity contribution in [2.45, 2.75) is 19.0 Å². The first-order valence-corrected chi connectivity index (χ1v) is 9.99. The Kier molecular flexibility index (Phi) is 6.20. The van der Waals surface area contributed by atoms with Crippen LogP contribution in [0.5, 0.6) is 11.5 Å². The summed E-state index contributed by atoms with van der Waals surface area (Å²) in [7, 11) is 0. The van der Waals surface area contributed by atoms with Crippen molar-refractivity contribution in [3.63, 3.8) is 0 Å². The second-order valence-electron chi connectivity index (χ2n) is 7.51. The average Bonchev–Trinajstić information content (AvgIpc) is 2.78. The summed E-state index contributed by atoms with van der Waals surface area (Å²) in [5.41, 5.74) is 3.56. The molecule has 4 rings (SSSR count). The van der Waals surface area contributed by atoms with Crippen molar-refractivity contribution >= 4 is 22.8 Å². The third kappa shape index (κ3) is 5.26. The molecule has 0 aliphatic rings. The second-order valence-corrected chi connectivity index (χ2v) is 7.51. The van der Waals surface area contributed by atoms with Crippen LogP contribution in [0.4, 0.5) is 27.8 Å². The predicted octanol–water partition coefficient (Wildman–Crippen LogP) is 4.34. The Morgan fingerprint density at radius 3 is 2.46 bits per heavy atom. The van der Waals surface area contributed by atoms with Crippen LogP contribution >= 0.6 is 0 Å². The molecule has 2 aromatic heterocycles. The summed E-state index contributed by atoms with van der Waals surface area (Å²) in [5.74, 6) is -2.62. The predicted molar refractivity (Wildman–Crippen MR) is 115 cm³/mol. The molecule has 35 heavy (non-hydrogen) atoms. The van der Waals surface area contributed by atoms with Gasteiger partial charge in [-0.25, -0.2) is 18.7 Å². The van der Waals surface area contributed by atoms with E-state index in [9.17, 15) is 31.5 Å². The SMILES string of the molecule is Nc1nc2c(Oc3ccc(CC(=O)Cc4cc(C(F)(F)F)ccc4F)c(F)c3)ccnc2[nH]c1=O. The van der Waals surface area contributed by atoms with Gasteiger partial charge in [0, 0.05) is 31.2 Å². The van der Waals surface area contributed by atoms with Crippen LogP contribution in [0.3, 0.4) is 0 Å². The number of nitrogen functional groups attached to an aromatic ring is 1. The number of rotatable bonds is 6. The highest BCUT2D eigenvalue weighted by molar-refractivity contribution is 5.83. The zero-order valence-electron chi connectivity index (χ0n) is 17.6. The van der Waals surface area contributed by atoms with E-state index < -0.39 is 53.1 Å². The largest absolute Gasteiger partial charge is 0.455 e. The van der Waals surface area contributed by atoms with E-state index in [2.05, 4.69) is 15.0 Å². The molecule has 0 unspecified atom stereocenters. The molecule has 180 valence electrons. The first-order chi connectivity index (χ1) is 16.5. The van der Waals surface area contributed by atoms with Gasteiger partial charge < -0.3 is 15.5 Å². The number of carbonyl (C=O) groups is 1. The maximum absolute atomic E-state index is 14.6. The van der Waals surface area contributed by atoms with Crippen LogP contribution in [0.2, 0.25) is 0 Å². The maximum atomic E-state index is 14.6. The Morgan fingerprint density at radius 1 is 1.00 bits per heavy atom. The highest BCUT2D eigenvalue weighted by Crippen LogP contribution is 2.31. The molecule has 2 aromatic carbocycles. The molecule has 0 aliphatic heterocycles. The van der Waals surface area contributed by atoms with Gasteiger partial charge in [-0.3, -0.25) is 9.59 Å². The number of carbonyl (C=O) groups excluding carboxylic acids is 1. The van der Waals surface area contributed by atoms with Crippen molar-refractivity contribution in [2.24, 2.45) is 0 Å². The lowest BCUT2D eigenvalue weighted by atomic mass is 10.00. The molecular weight excluding hydrogens is 475 g/mol. The normalized spacial score (nSPS) is 11.6. The number of aromatic nitrogens is 3. The van der Waals surface area contributed by atoms with E-state index in [1.807, 2.05) is 0 Å². The number of nitrogens with one attached hydrogen (secondary N) is 1. The molecule has 4 aromatic rings. The number of halogens is 5. The maximum Gasteiger partial charge on any atom is 0.416 e. The van der Waals surface area contributed by atoms with Gasteiger partial charge in [-0.05, 0) is 35.4 Å². The molecular formula is C23H15F5N4O3. The number of ketones is 1. The molecule has 12 heteroatoms. The van der Waals surface area contributed by atoms with E-state index >= 15 is 0 Å². The average molecular weight is 490 g/mol. The van der Waals surface area contributed by atoms with E-state index in [-0.39, 0.29) is 34.0 Å². The molecule has 0 atom stereocenters. The summed E-state index contributed by atoms with van der Waals surface area (Å²) >= 11 is 0. The molecule has 0 saturated carbocycles. The van der Waals surface area contributed by atoms with Crippen LogP contribution in [0.1, 0.15) is 16.7 Å². The lowest BCUT2D eigenvalue weighted by Crippen LogP contribution is -2.14. The number of hydrogen-bond donors (Lipinski definition) is 2. The number of ether oxygens (including phenoxy) is 1. The summed E-state index contributed by atoms with van der Waals surface area (Å²) in [5, 5.41) is 0. The Bertz CT molecular complexity index is 1500. The number of fused-ring (bicyclic) bond motifs is 1. The highest BCUT2D eigenvalue weighted by atomic mass is 19.4. The fourth-order valence-electron chi connectivity index (χ4n) is 3.30. The van der Waals surface area contributed by atoms with Gasteiger partial charge in [0.15, 0.2) is 22.7 Å². The standard InChI is InChI=1S/C23H15F5N4O3/c24-16-4-2-13(23(26,27)28)7-12(16)9-14(33)8-11-1-3-15(10-17(11)25)35-18-5-6-30-21-19(18)31-20(29)22(34)32-21/h1-7,10H,8-9H2,(H2,29,31)(H,30,32,34). The smallest absolute Gasteiger partial charge is 0.416 e. The molecule has 3 N–H and O–H groups in total. The number of Topliss-reactive ketones (excluding diaryl/α,β-unsaturated/α-hetero) is 1. The number of nitrogens with zero attached hydrogens (tertiary/aromatic N) is 2. The summed E-state index contributed by atoms with van der Waals surface area (Å²) in [4.78, 5) is 34.2. The minimum atomic E-state index is -4.69. The number of aromatic amines is 1. The summed E-state index contributed by atoms with van der Waals surface area (Å²) < 4.78 is 72.7. The van der Waals surface area contributed by atoms with E-state index in [1.165, 1.54) is 24.4 Å². The fraction of sp³-hybridized carbons (Fsp3) is 0.130. The lowest BCUT2D eigenvalue weighted by molar-refractivity contribution is -0.137. The molecule has 0 amide bonds. The fourth-order valence-corrected chi connectivity index (χ4v) is 3.30. The first kappa shape index (κ1) is 23.8. The van der Waals surface area contributed by atoms with Crippen LogP contribution in [-0.4, -0.2) is 20.7 Å². The van der Waals surface area contributed by atoms with Crippen molar-refractivity contribution in [1.82, 2.24) is 15.0 Å². The molecule has 7 nitrogen and oxygen atoms in total. The zero-order chi connectivity index (χ0) is 25.3. The van der Waals surface area contributed by atoms with Crippen molar-refractivity contribution in [3.05, 3.63) is 87.3 Å². The number of pyridine rings is 1. The Hall–Kier alpha value is -4.35. The number of anilines is 1. The van der Waals surface area contributed by atoms with Crippen LogP contribution in [0, 0.1) is 11.6 Å². The third-order valence-corrected chi connectivity index (χ3v) is 4.98. The van der Waals surface area contributed by atoms with Gasteiger partial charge in [-0.1, -0.05) is 6.07 Å². The monoisotopic (exact) mass is 490 g/mol. The van der Waals surface area contributed by atoms with Gasteiger partial charge in [-0.15, -0.1) is 0 Å². The van der Waals surface area contributed by atoms with Gasteiger partial charge in [-0.2, -0.15) is 13.2 Å². The first-order valence-electron chi connectivity index (χ1n) is 9.99. The number of H-pyrrole nitrogens is 1. The van der Waals surface area contributed by atoms with Crippen molar-refractivity contribution in [2.75, 3.05) is 5.73 Å².